The molecule has 0 atom stereocenters. The fraction of sp³-hybridized carbons (Fsp3) is 0.333. The second kappa shape index (κ2) is 13.2. The molecule has 2 aromatic heterocycles. The predicted octanol–water partition coefficient (Wildman–Crippen LogP) is 10.8. The molecule has 0 bridgehead atoms. The molecule has 0 fully saturated rings. The molecule has 0 spiro atoms. The molecule has 1 radical (unpaired) electrons. The maximum Gasteiger partial charge on any atom is 0.164 e. The fourth-order valence-electron chi connectivity index (χ4n) is 4.60. The Morgan fingerprint density at radius 1 is 0.864 bits per heavy atom. The van der Waals surface area contributed by atoms with E-state index < -0.39 is 5.41 Å². The van der Waals surface area contributed by atoms with Crippen molar-refractivity contribution in [2.75, 3.05) is 0 Å². The Morgan fingerprint density at radius 3 is 2.11 bits per heavy atom. The number of pyridine rings is 1. The molecule has 5 rings (SSSR count). The van der Waals surface area contributed by atoms with Crippen molar-refractivity contribution in [3.63, 3.8) is 0 Å². The molecular weight excluding hydrogens is 723 g/mol. The van der Waals surface area contributed by atoms with E-state index in [0.29, 0.717) is 0 Å². The number of hydrogen-bond donors (Lipinski definition) is 1. The number of para-hydroxylation sites is 1. The molecule has 0 aliphatic heterocycles. The minimum Gasteiger partial charge on any atom is -0.512 e. The number of benzene rings is 3. The van der Waals surface area contributed by atoms with Crippen LogP contribution in [0.4, 0.5) is 0 Å². The van der Waals surface area contributed by atoms with Crippen LogP contribution in [0.15, 0.2) is 89.2 Å². The number of allylic oxidation sites excluding steroid dienone is 2. The van der Waals surface area contributed by atoms with Crippen LogP contribution in [-0.4, -0.2) is 15.9 Å². The number of nitrogens with zero attached hydrogens (tertiary/aromatic N) is 1. The molecule has 3 aromatic carbocycles. The van der Waals surface area contributed by atoms with Crippen LogP contribution in [0.2, 0.25) is 0 Å². The molecule has 1 N–H and O–H groups in total. The van der Waals surface area contributed by atoms with Crippen molar-refractivity contribution in [3.8, 4) is 22.6 Å². The van der Waals surface area contributed by atoms with Crippen molar-refractivity contribution in [1.82, 2.24) is 4.98 Å². The third-order valence-corrected chi connectivity index (χ3v) is 7.43. The summed E-state index contributed by atoms with van der Waals surface area (Å²) in [7, 11) is 0. The minimum atomic E-state index is -0.417. The van der Waals surface area contributed by atoms with Gasteiger partial charge in [-0.1, -0.05) is 116 Å². The second-order valence-corrected chi connectivity index (χ2v) is 14.3. The van der Waals surface area contributed by atoms with Gasteiger partial charge in [0.25, 0.3) is 0 Å². The number of aryl methyl sites for hydroxylation is 1. The van der Waals surface area contributed by atoms with Crippen molar-refractivity contribution in [2.24, 2.45) is 10.8 Å². The number of rotatable bonds is 3. The molecule has 2 heterocycles. The van der Waals surface area contributed by atoms with E-state index >= 15 is 0 Å². The van der Waals surface area contributed by atoms with Gasteiger partial charge in [0.2, 0.25) is 0 Å². The van der Waals surface area contributed by atoms with Gasteiger partial charge in [0.15, 0.2) is 5.78 Å². The Labute approximate surface area is 276 Å². The summed E-state index contributed by atoms with van der Waals surface area (Å²) >= 11 is 0. The molecule has 0 saturated carbocycles. The van der Waals surface area contributed by atoms with Gasteiger partial charge in [-0.05, 0) is 30.0 Å². The number of furan rings is 1. The van der Waals surface area contributed by atoms with E-state index in [-0.39, 0.29) is 42.5 Å². The zero-order chi connectivity index (χ0) is 31.7. The maximum atomic E-state index is 11.5. The molecule has 5 heteroatoms. The largest absolute Gasteiger partial charge is 0.512 e. The van der Waals surface area contributed by atoms with E-state index in [9.17, 15) is 9.90 Å². The van der Waals surface area contributed by atoms with Gasteiger partial charge in [0.05, 0.1) is 0 Å². The summed E-state index contributed by atoms with van der Waals surface area (Å²) in [5, 5.41) is 13.0. The maximum absolute atomic E-state index is 11.5. The summed E-state index contributed by atoms with van der Waals surface area (Å²) in [6, 6.07) is 26.6. The summed E-state index contributed by atoms with van der Waals surface area (Å²) < 4.78 is 6.14. The summed E-state index contributed by atoms with van der Waals surface area (Å²) in [5.41, 5.74) is 5.54. The van der Waals surface area contributed by atoms with Crippen LogP contribution in [-0.2, 0) is 30.3 Å². The Hall–Kier alpha value is -3.53. The molecule has 0 amide bonds. The van der Waals surface area contributed by atoms with Gasteiger partial charge in [0, 0.05) is 59.9 Å². The van der Waals surface area contributed by atoms with Crippen LogP contribution in [0.25, 0.3) is 44.3 Å². The molecule has 4 nitrogen and oxygen atoms in total. The SMILES string of the molecule is CC(C)(C)C(=O)/C=C(\O)C(C)(C)C.Cc1cnc(-c2[c-]c3ccccc3c(C(C)(C)C)c2)cc1-c1cc2ccccc2o1.[Ir]. The van der Waals surface area contributed by atoms with Crippen molar-refractivity contribution >= 4 is 27.5 Å². The van der Waals surface area contributed by atoms with Gasteiger partial charge in [-0.2, -0.15) is 0 Å². The van der Waals surface area contributed by atoms with Crippen molar-refractivity contribution < 1.29 is 34.4 Å². The van der Waals surface area contributed by atoms with Crippen LogP contribution in [0.5, 0.6) is 0 Å². The number of hydrogen-bond acceptors (Lipinski definition) is 4. The minimum absolute atomic E-state index is 0. The molecule has 44 heavy (non-hydrogen) atoms. The first-order chi connectivity index (χ1) is 19.9. The van der Waals surface area contributed by atoms with E-state index in [1.54, 1.807) is 0 Å². The Bertz CT molecular complexity index is 1770. The van der Waals surface area contributed by atoms with Gasteiger partial charge in [0.1, 0.15) is 17.1 Å². The smallest absolute Gasteiger partial charge is 0.164 e. The second-order valence-electron chi connectivity index (χ2n) is 14.3. The average molecular weight is 767 g/mol. The van der Waals surface area contributed by atoms with E-state index in [2.05, 4.69) is 82.3 Å². The molecule has 0 saturated heterocycles. The van der Waals surface area contributed by atoms with Gasteiger partial charge in [-0.15, -0.1) is 29.1 Å². The topological polar surface area (TPSA) is 63.3 Å². The summed E-state index contributed by atoms with van der Waals surface area (Å²) in [6.45, 7) is 19.9. The van der Waals surface area contributed by atoms with E-state index in [0.717, 1.165) is 44.5 Å². The number of carbonyl (C=O) groups is 1. The summed E-state index contributed by atoms with van der Waals surface area (Å²) in [4.78, 5) is 16.2. The van der Waals surface area contributed by atoms with Crippen LogP contribution in [0, 0.1) is 23.8 Å². The number of aromatic nitrogens is 1. The average Bonchev–Trinajstić information content (AvgIpc) is 3.35. The zero-order valence-corrected chi connectivity index (χ0v) is 29.9. The predicted molar refractivity (Wildman–Crippen MR) is 179 cm³/mol. The van der Waals surface area contributed by atoms with Crippen molar-refractivity contribution in [2.45, 2.75) is 74.7 Å². The number of carbonyl (C=O) groups excluding carboxylic acids is 1. The zero-order valence-electron chi connectivity index (χ0n) is 27.5. The van der Waals surface area contributed by atoms with Crippen LogP contribution in [0.3, 0.4) is 0 Å². The number of ketones is 1. The number of fused-ring (bicyclic) bond motifs is 2. The first-order valence-corrected chi connectivity index (χ1v) is 14.8. The summed E-state index contributed by atoms with van der Waals surface area (Å²) in [6.07, 6.45) is 3.26. The van der Waals surface area contributed by atoms with Crippen molar-refractivity contribution in [1.29, 1.82) is 0 Å². The van der Waals surface area contributed by atoms with Crippen LogP contribution in [0.1, 0.15) is 73.4 Å². The standard InChI is InChI=1S/C28H24NO.C11H20O2.Ir/c1-18-17-29-25(16-23(18)27-15-20-10-6-8-12-26(20)30-27)21-13-19-9-5-7-11-22(19)24(14-21)28(2,3)4;1-10(2,3)8(12)7-9(13)11(4,5)6;/h5-12,14-17H,1-4H3;7,12H,1-6H3;/q-1;;/b;8-7-;. The first-order valence-electron chi connectivity index (χ1n) is 14.8. The Balaban J connectivity index is 0.000000324. The molecule has 233 valence electrons. The Kier molecular flexibility index (Phi) is 10.5. The molecular formula is C39H44IrNO3-. The molecule has 0 aliphatic rings. The van der Waals surface area contributed by atoms with E-state index in [4.69, 9.17) is 9.40 Å². The van der Waals surface area contributed by atoms with Crippen LogP contribution < -0.4 is 0 Å². The van der Waals surface area contributed by atoms with E-state index in [1.165, 1.54) is 17.0 Å². The van der Waals surface area contributed by atoms with Gasteiger partial charge >= 0.3 is 0 Å². The van der Waals surface area contributed by atoms with E-state index in [1.807, 2.05) is 65.9 Å². The van der Waals surface area contributed by atoms with Crippen molar-refractivity contribution in [3.05, 3.63) is 102 Å². The first kappa shape index (κ1) is 35.0. The van der Waals surface area contributed by atoms with Gasteiger partial charge in [-0.25, -0.2) is 0 Å². The van der Waals surface area contributed by atoms with Gasteiger partial charge in [-0.3, -0.25) is 9.78 Å². The molecule has 0 unspecified atom stereocenters. The normalized spacial score (nSPS) is 12.5. The Morgan fingerprint density at radius 2 is 1.50 bits per heavy atom. The fourth-order valence-corrected chi connectivity index (χ4v) is 4.60. The number of aliphatic hydroxyl groups excluding tert-OH is 1. The monoisotopic (exact) mass is 767 g/mol. The number of aliphatic hydroxyl groups is 1. The third kappa shape index (κ3) is 8.14. The van der Waals surface area contributed by atoms with Gasteiger partial charge < -0.3 is 9.52 Å². The molecule has 5 aromatic rings. The summed E-state index contributed by atoms with van der Waals surface area (Å²) in [5.74, 6) is 0.974. The third-order valence-electron chi connectivity index (χ3n) is 7.43. The quantitative estimate of drug-likeness (QED) is 0.113. The molecule has 0 aliphatic carbocycles. The van der Waals surface area contributed by atoms with Crippen LogP contribution >= 0.6 is 0 Å².